The van der Waals surface area contributed by atoms with Gasteiger partial charge >= 0.3 is 0 Å². The zero-order valence-corrected chi connectivity index (χ0v) is 11.6. The number of hydrogen-bond acceptors (Lipinski definition) is 6. The molecule has 0 aliphatic carbocycles. The number of rotatable bonds is 7. The fourth-order valence-electron chi connectivity index (χ4n) is 1.47. The van der Waals surface area contributed by atoms with E-state index in [2.05, 4.69) is 26.3 Å². The highest BCUT2D eigenvalue weighted by Crippen LogP contribution is 2.24. The van der Waals surface area contributed by atoms with Crippen molar-refractivity contribution in [2.45, 2.75) is 16.7 Å². The summed E-state index contributed by atoms with van der Waals surface area (Å²) in [4.78, 5) is 12.8. The molecule has 1 N–H and O–H groups in total. The van der Waals surface area contributed by atoms with Gasteiger partial charge in [0.15, 0.2) is 5.16 Å². The minimum Gasteiger partial charge on any atom is -0.383 e. The van der Waals surface area contributed by atoms with Gasteiger partial charge in [0, 0.05) is 38.8 Å². The zero-order valence-electron chi connectivity index (χ0n) is 10.7. The van der Waals surface area contributed by atoms with Crippen LogP contribution in [0.3, 0.4) is 0 Å². The Bertz CT molecular complexity index is 495. The van der Waals surface area contributed by atoms with Gasteiger partial charge in [-0.05, 0) is 29.5 Å². The Morgan fingerprint density at radius 2 is 1.95 bits per heavy atom. The smallest absolute Gasteiger partial charge is 0.193 e. The molecule has 100 valence electrons. The second kappa shape index (κ2) is 7.83. The molecule has 0 radical (unpaired) electrons. The van der Waals surface area contributed by atoms with Crippen LogP contribution < -0.4 is 5.32 Å². The van der Waals surface area contributed by atoms with Crippen molar-refractivity contribution in [3.8, 4) is 0 Å². The number of hydrogen-bond donors (Lipinski definition) is 1. The van der Waals surface area contributed by atoms with Crippen LogP contribution in [0.1, 0.15) is 5.56 Å². The van der Waals surface area contributed by atoms with Gasteiger partial charge in [-0.15, -0.1) is 0 Å². The van der Waals surface area contributed by atoms with Crippen molar-refractivity contribution >= 4 is 11.8 Å². The van der Waals surface area contributed by atoms with Crippen molar-refractivity contribution in [2.24, 2.45) is 0 Å². The van der Waals surface area contributed by atoms with Gasteiger partial charge in [0.2, 0.25) is 0 Å². The molecule has 0 aromatic carbocycles. The molecule has 2 heterocycles. The minimum atomic E-state index is 0.699. The number of pyridine rings is 1. The highest BCUT2D eigenvalue weighted by atomic mass is 32.2. The van der Waals surface area contributed by atoms with E-state index < -0.39 is 0 Å². The van der Waals surface area contributed by atoms with E-state index in [0.717, 1.165) is 23.7 Å². The maximum Gasteiger partial charge on any atom is 0.193 e. The lowest BCUT2D eigenvalue weighted by molar-refractivity contribution is 0.199. The topological polar surface area (TPSA) is 59.9 Å². The van der Waals surface area contributed by atoms with Gasteiger partial charge in [0.25, 0.3) is 0 Å². The highest BCUT2D eigenvalue weighted by Gasteiger charge is 2.06. The average molecular weight is 276 g/mol. The third-order valence-electron chi connectivity index (χ3n) is 2.38. The van der Waals surface area contributed by atoms with E-state index in [1.165, 1.54) is 11.8 Å². The Kier molecular flexibility index (Phi) is 5.74. The van der Waals surface area contributed by atoms with Crippen LogP contribution in [0.2, 0.25) is 0 Å². The number of nitrogens with zero attached hydrogens (tertiary/aromatic N) is 3. The van der Waals surface area contributed by atoms with Crippen molar-refractivity contribution in [3.05, 3.63) is 42.4 Å². The van der Waals surface area contributed by atoms with Gasteiger partial charge in [0.05, 0.1) is 6.61 Å². The molecule has 0 bridgehead atoms. The quantitative estimate of drug-likeness (QED) is 0.614. The SMILES string of the molecule is COCCNCc1cccnc1Sc1ncccn1. The molecule has 5 nitrogen and oxygen atoms in total. The van der Waals surface area contributed by atoms with Gasteiger partial charge in [-0.25, -0.2) is 15.0 Å². The first-order chi connectivity index (χ1) is 9.40. The van der Waals surface area contributed by atoms with E-state index in [0.29, 0.717) is 11.8 Å². The molecule has 0 atom stereocenters. The molecule has 0 unspecified atom stereocenters. The van der Waals surface area contributed by atoms with Crippen molar-refractivity contribution in [1.82, 2.24) is 20.3 Å². The molecule has 0 saturated carbocycles. The Hall–Kier alpha value is -1.50. The number of nitrogens with one attached hydrogen (secondary N) is 1. The van der Waals surface area contributed by atoms with Crippen LogP contribution in [0, 0.1) is 0 Å². The lowest BCUT2D eigenvalue weighted by atomic mass is 10.3. The molecular weight excluding hydrogens is 260 g/mol. The number of methoxy groups -OCH3 is 1. The second-order valence-corrected chi connectivity index (χ2v) is 4.73. The molecule has 0 spiro atoms. The highest BCUT2D eigenvalue weighted by molar-refractivity contribution is 7.99. The van der Waals surface area contributed by atoms with Crippen LogP contribution in [0.25, 0.3) is 0 Å². The van der Waals surface area contributed by atoms with Crippen LogP contribution in [-0.2, 0) is 11.3 Å². The van der Waals surface area contributed by atoms with Crippen LogP contribution in [0.15, 0.2) is 47.0 Å². The molecule has 2 rings (SSSR count). The lowest BCUT2D eigenvalue weighted by Crippen LogP contribution is -2.19. The van der Waals surface area contributed by atoms with Crippen LogP contribution >= 0.6 is 11.8 Å². The number of aromatic nitrogens is 3. The van der Waals surface area contributed by atoms with Gasteiger partial charge < -0.3 is 10.1 Å². The molecule has 0 aliphatic heterocycles. The van der Waals surface area contributed by atoms with Gasteiger partial charge in [-0.3, -0.25) is 0 Å². The summed E-state index contributed by atoms with van der Waals surface area (Å²) in [6.07, 6.45) is 5.24. The van der Waals surface area contributed by atoms with Crippen molar-refractivity contribution < 1.29 is 4.74 Å². The van der Waals surface area contributed by atoms with Gasteiger partial charge in [-0.1, -0.05) is 6.07 Å². The van der Waals surface area contributed by atoms with Crippen LogP contribution in [0.4, 0.5) is 0 Å². The maximum atomic E-state index is 5.00. The lowest BCUT2D eigenvalue weighted by Gasteiger charge is -2.08. The second-order valence-electron chi connectivity index (χ2n) is 3.77. The molecule has 2 aromatic rings. The predicted octanol–water partition coefficient (Wildman–Crippen LogP) is 1.76. The van der Waals surface area contributed by atoms with E-state index in [-0.39, 0.29) is 0 Å². The monoisotopic (exact) mass is 276 g/mol. The summed E-state index contributed by atoms with van der Waals surface area (Å²) in [5.41, 5.74) is 1.14. The van der Waals surface area contributed by atoms with E-state index in [9.17, 15) is 0 Å². The third kappa shape index (κ3) is 4.59. The Morgan fingerprint density at radius 3 is 2.74 bits per heavy atom. The van der Waals surface area contributed by atoms with Crippen molar-refractivity contribution in [3.63, 3.8) is 0 Å². The Labute approximate surface area is 116 Å². The van der Waals surface area contributed by atoms with E-state index in [1.807, 2.05) is 6.07 Å². The summed E-state index contributed by atoms with van der Waals surface area (Å²) in [6.45, 7) is 2.27. The largest absolute Gasteiger partial charge is 0.383 e. The number of ether oxygens (including phenoxy) is 1. The van der Waals surface area contributed by atoms with E-state index in [4.69, 9.17) is 4.74 Å². The van der Waals surface area contributed by atoms with E-state index >= 15 is 0 Å². The molecule has 6 heteroatoms. The average Bonchev–Trinajstić information content (AvgIpc) is 2.46. The first-order valence-corrected chi connectivity index (χ1v) is 6.80. The Morgan fingerprint density at radius 1 is 1.16 bits per heavy atom. The fraction of sp³-hybridized carbons (Fsp3) is 0.308. The molecular formula is C13H16N4OS. The Balaban J connectivity index is 2.00. The summed E-state index contributed by atoms with van der Waals surface area (Å²) in [7, 11) is 1.69. The summed E-state index contributed by atoms with van der Waals surface area (Å²) < 4.78 is 5.00. The van der Waals surface area contributed by atoms with Crippen LogP contribution in [0.5, 0.6) is 0 Å². The van der Waals surface area contributed by atoms with Crippen molar-refractivity contribution in [2.75, 3.05) is 20.3 Å². The van der Waals surface area contributed by atoms with Gasteiger partial charge in [0.1, 0.15) is 5.03 Å². The van der Waals surface area contributed by atoms with E-state index in [1.54, 1.807) is 31.8 Å². The fourth-order valence-corrected chi connectivity index (χ4v) is 2.26. The zero-order chi connectivity index (χ0) is 13.3. The summed E-state index contributed by atoms with van der Waals surface area (Å²) in [6, 6.07) is 5.79. The molecule has 19 heavy (non-hydrogen) atoms. The molecule has 2 aromatic heterocycles. The summed E-state index contributed by atoms with van der Waals surface area (Å²) in [5.74, 6) is 0. The van der Waals surface area contributed by atoms with Gasteiger partial charge in [-0.2, -0.15) is 0 Å². The summed E-state index contributed by atoms with van der Waals surface area (Å²) in [5, 5.41) is 4.95. The normalized spacial score (nSPS) is 10.6. The minimum absolute atomic E-state index is 0.699. The van der Waals surface area contributed by atoms with Crippen molar-refractivity contribution in [1.29, 1.82) is 0 Å². The first kappa shape index (κ1) is 13.9. The summed E-state index contributed by atoms with van der Waals surface area (Å²) >= 11 is 1.47. The molecule has 0 aliphatic rings. The standard InChI is InChI=1S/C13H16N4OS/c1-18-9-8-14-10-11-4-2-5-15-12(11)19-13-16-6-3-7-17-13/h2-7,14H,8-10H2,1H3. The first-order valence-electron chi connectivity index (χ1n) is 5.98. The van der Waals surface area contributed by atoms with Crippen LogP contribution in [-0.4, -0.2) is 35.2 Å². The third-order valence-corrected chi connectivity index (χ3v) is 3.33. The molecule has 0 amide bonds. The maximum absolute atomic E-state index is 5.00. The predicted molar refractivity (Wildman–Crippen MR) is 74.0 cm³/mol. The molecule has 0 fully saturated rings. The molecule has 0 saturated heterocycles.